The van der Waals surface area contributed by atoms with Gasteiger partial charge in [0.1, 0.15) is 12.4 Å². The van der Waals surface area contributed by atoms with Gasteiger partial charge >= 0.3 is 6.09 Å². The van der Waals surface area contributed by atoms with E-state index in [1.54, 1.807) is 12.0 Å². The van der Waals surface area contributed by atoms with Crippen molar-refractivity contribution in [2.45, 2.75) is 6.61 Å². The van der Waals surface area contributed by atoms with Gasteiger partial charge in [-0.25, -0.2) is 4.79 Å². The summed E-state index contributed by atoms with van der Waals surface area (Å²) >= 11 is 0. The first-order valence-electron chi connectivity index (χ1n) is 7.18. The monoisotopic (exact) mass is 298 g/mol. The summed E-state index contributed by atoms with van der Waals surface area (Å²) in [5, 5.41) is 3.29. The van der Waals surface area contributed by atoms with Gasteiger partial charge in [-0.15, -0.1) is 0 Å². The second kappa shape index (κ2) is 6.39. The van der Waals surface area contributed by atoms with Crippen molar-refractivity contribution < 1.29 is 14.3 Å². The van der Waals surface area contributed by atoms with E-state index in [1.807, 2.05) is 48.5 Å². The summed E-state index contributed by atoms with van der Waals surface area (Å²) < 4.78 is 10.3. The number of methoxy groups -OCH3 is 1. The van der Waals surface area contributed by atoms with Crippen LogP contribution in [-0.2, 0) is 11.3 Å². The van der Waals surface area contributed by atoms with Gasteiger partial charge in [0.15, 0.2) is 0 Å². The summed E-state index contributed by atoms with van der Waals surface area (Å²) in [4.78, 5) is 13.6. The standard InChI is InChI=1S/C17H18N2O3/c1-21-15-8-6-14(7-9-15)18-10-11-19-16-5-3-2-4-13(16)12-22-17(19)20/h2-9,18H,10-12H2,1H3. The van der Waals surface area contributed by atoms with E-state index in [0.29, 0.717) is 19.7 Å². The number of cyclic esters (lactones) is 1. The van der Waals surface area contributed by atoms with Crippen LogP contribution in [0, 0.1) is 0 Å². The zero-order valence-corrected chi connectivity index (χ0v) is 12.4. The number of amides is 1. The van der Waals surface area contributed by atoms with E-state index in [4.69, 9.17) is 9.47 Å². The molecule has 0 saturated heterocycles. The van der Waals surface area contributed by atoms with Gasteiger partial charge in [-0.3, -0.25) is 4.90 Å². The molecule has 1 heterocycles. The number of nitrogens with one attached hydrogen (secondary N) is 1. The highest BCUT2D eigenvalue weighted by molar-refractivity contribution is 5.90. The molecule has 1 aliphatic heterocycles. The van der Waals surface area contributed by atoms with Crippen LogP contribution < -0.4 is 15.0 Å². The van der Waals surface area contributed by atoms with Gasteiger partial charge in [0.2, 0.25) is 0 Å². The number of anilines is 2. The summed E-state index contributed by atoms with van der Waals surface area (Å²) in [7, 11) is 1.64. The summed E-state index contributed by atoms with van der Waals surface area (Å²) in [5.74, 6) is 0.819. The van der Waals surface area contributed by atoms with Crippen LogP contribution in [0.1, 0.15) is 5.56 Å². The minimum atomic E-state index is -0.296. The highest BCUT2D eigenvalue weighted by Gasteiger charge is 2.24. The number of para-hydroxylation sites is 1. The van der Waals surface area contributed by atoms with E-state index in [-0.39, 0.29) is 6.09 Å². The third-order valence-electron chi connectivity index (χ3n) is 3.61. The average molecular weight is 298 g/mol. The summed E-state index contributed by atoms with van der Waals surface area (Å²) in [6.07, 6.45) is -0.296. The molecule has 2 aromatic carbocycles. The molecule has 0 fully saturated rings. The van der Waals surface area contributed by atoms with Gasteiger partial charge in [-0.1, -0.05) is 18.2 Å². The van der Waals surface area contributed by atoms with Crippen LogP contribution in [0.2, 0.25) is 0 Å². The number of hydrogen-bond donors (Lipinski definition) is 1. The molecular formula is C17H18N2O3. The molecule has 0 aliphatic carbocycles. The number of rotatable bonds is 5. The summed E-state index contributed by atoms with van der Waals surface area (Å²) in [5.41, 5.74) is 2.95. The van der Waals surface area contributed by atoms with Crippen LogP contribution in [0.15, 0.2) is 48.5 Å². The number of carbonyl (C=O) groups excluding carboxylic acids is 1. The fourth-order valence-corrected chi connectivity index (χ4v) is 2.44. The quantitative estimate of drug-likeness (QED) is 0.920. The Morgan fingerprint density at radius 3 is 2.73 bits per heavy atom. The third kappa shape index (κ3) is 2.98. The molecule has 0 atom stereocenters. The Morgan fingerprint density at radius 2 is 1.95 bits per heavy atom. The first-order chi connectivity index (χ1) is 10.8. The van der Waals surface area contributed by atoms with Gasteiger partial charge in [-0.2, -0.15) is 0 Å². The molecule has 0 spiro atoms. The molecule has 0 bridgehead atoms. The minimum absolute atomic E-state index is 0.296. The number of nitrogens with zero attached hydrogens (tertiary/aromatic N) is 1. The van der Waals surface area contributed by atoms with Crippen molar-refractivity contribution in [1.82, 2.24) is 0 Å². The Kier molecular flexibility index (Phi) is 4.14. The lowest BCUT2D eigenvalue weighted by molar-refractivity contribution is 0.142. The number of ether oxygens (including phenoxy) is 2. The molecular weight excluding hydrogens is 280 g/mol. The van der Waals surface area contributed by atoms with Crippen LogP contribution in [0.3, 0.4) is 0 Å². The lowest BCUT2D eigenvalue weighted by Crippen LogP contribution is -2.38. The Labute approximate surface area is 129 Å². The summed E-state index contributed by atoms with van der Waals surface area (Å²) in [6.45, 7) is 1.52. The van der Waals surface area contributed by atoms with Gasteiger partial charge in [-0.05, 0) is 30.3 Å². The second-order valence-electron chi connectivity index (χ2n) is 4.99. The van der Waals surface area contributed by atoms with E-state index in [2.05, 4.69) is 5.32 Å². The molecule has 1 amide bonds. The first-order valence-corrected chi connectivity index (χ1v) is 7.18. The largest absolute Gasteiger partial charge is 0.497 e. The van der Waals surface area contributed by atoms with Crippen molar-refractivity contribution in [2.75, 3.05) is 30.4 Å². The maximum absolute atomic E-state index is 11.9. The van der Waals surface area contributed by atoms with Gasteiger partial charge in [0.05, 0.1) is 12.8 Å². The van der Waals surface area contributed by atoms with E-state index in [9.17, 15) is 4.79 Å². The van der Waals surface area contributed by atoms with Gasteiger partial charge in [0.25, 0.3) is 0 Å². The number of fused-ring (bicyclic) bond motifs is 1. The molecule has 2 aromatic rings. The molecule has 114 valence electrons. The normalized spacial score (nSPS) is 13.3. The van der Waals surface area contributed by atoms with Crippen molar-refractivity contribution in [3.63, 3.8) is 0 Å². The topological polar surface area (TPSA) is 50.8 Å². The fraction of sp³-hybridized carbons (Fsp3) is 0.235. The van der Waals surface area contributed by atoms with Crippen LogP contribution in [0.5, 0.6) is 5.75 Å². The van der Waals surface area contributed by atoms with Gasteiger partial charge in [0, 0.05) is 24.3 Å². The molecule has 0 radical (unpaired) electrons. The molecule has 3 rings (SSSR count). The zero-order valence-electron chi connectivity index (χ0n) is 12.4. The van der Waals surface area contributed by atoms with Crippen molar-refractivity contribution in [2.24, 2.45) is 0 Å². The molecule has 0 saturated carbocycles. The smallest absolute Gasteiger partial charge is 0.414 e. The number of carbonyl (C=O) groups is 1. The maximum Gasteiger partial charge on any atom is 0.414 e. The third-order valence-corrected chi connectivity index (χ3v) is 3.61. The van der Waals surface area contributed by atoms with Crippen molar-refractivity contribution in [3.8, 4) is 5.75 Å². The zero-order chi connectivity index (χ0) is 15.4. The van der Waals surface area contributed by atoms with Crippen LogP contribution in [0.4, 0.5) is 16.2 Å². The Bertz CT molecular complexity index is 655. The molecule has 0 aromatic heterocycles. The van der Waals surface area contributed by atoms with E-state index < -0.39 is 0 Å². The van der Waals surface area contributed by atoms with Crippen molar-refractivity contribution >= 4 is 17.5 Å². The van der Waals surface area contributed by atoms with E-state index in [1.165, 1.54) is 0 Å². The molecule has 22 heavy (non-hydrogen) atoms. The van der Waals surface area contributed by atoms with Gasteiger partial charge < -0.3 is 14.8 Å². The fourth-order valence-electron chi connectivity index (χ4n) is 2.44. The lowest BCUT2D eigenvalue weighted by atomic mass is 10.1. The lowest BCUT2D eigenvalue weighted by Gasteiger charge is -2.29. The van der Waals surface area contributed by atoms with E-state index in [0.717, 1.165) is 22.7 Å². The minimum Gasteiger partial charge on any atom is -0.497 e. The van der Waals surface area contributed by atoms with E-state index >= 15 is 0 Å². The summed E-state index contributed by atoms with van der Waals surface area (Å²) in [6, 6.07) is 15.5. The van der Waals surface area contributed by atoms with Crippen LogP contribution >= 0.6 is 0 Å². The van der Waals surface area contributed by atoms with Crippen molar-refractivity contribution in [3.05, 3.63) is 54.1 Å². The Hall–Kier alpha value is -2.69. The Morgan fingerprint density at radius 1 is 1.18 bits per heavy atom. The number of benzene rings is 2. The van der Waals surface area contributed by atoms with Crippen molar-refractivity contribution in [1.29, 1.82) is 0 Å². The SMILES string of the molecule is COc1ccc(NCCN2C(=O)OCc3ccccc32)cc1. The molecule has 1 N–H and O–H groups in total. The molecule has 0 unspecified atom stereocenters. The predicted octanol–water partition coefficient (Wildman–Crippen LogP) is 3.26. The number of hydrogen-bond acceptors (Lipinski definition) is 4. The molecule has 5 heteroatoms. The predicted molar refractivity (Wildman–Crippen MR) is 85.5 cm³/mol. The molecule has 5 nitrogen and oxygen atoms in total. The maximum atomic E-state index is 11.9. The molecule has 1 aliphatic rings. The van der Waals surface area contributed by atoms with Crippen LogP contribution in [0.25, 0.3) is 0 Å². The highest BCUT2D eigenvalue weighted by Crippen LogP contribution is 2.26. The highest BCUT2D eigenvalue weighted by atomic mass is 16.6. The Balaban J connectivity index is 1.62. The second-order valence-corrected chi connectivity index (χ2v) is 4.99. The average Bonchev–Trinajstić information content (AvgIpc) is 2.57. The van der Waals surface area contributed by atoms with Crippen LogP contribution in [-0.4, -0.2) is 26.3 Å². The first kappa shape index (κ1) is 14.3.